The minimum atomic E-state index is -4.72. The second-order valence-corrected chi connectivity index (χ2v) is 6.97. The Morgan fingerprint density at radius 1 is 1.25 bits per heavy atom. The molecule has 2 rings (SSSR count). The van der Waals surface area contributed by atoms with Gasteiger partial charge in [0.1, 0.15) is 5.82 Å². The van der Waals surface area contributed by atoms with Gasteiger partial charge in [-0.2, -0.15) is 13.2 Å². The first-order chi connectivity index (χ1) is 8.98. The van der Waals surface area contributed by atoms with Crippen molar-refractivity contribution in [3.05, 3.63) is 35.1 Å². The number of rotatable bonds is 2. The Morgan fingerprint density at radius 2 is 1.80 bits per heavy atom. The highest BCUT2D eigenvalue weighted by atomic mass is 35.7. The second kappa shape index (κ2) is 4.42. The molecular weight excluding hydrogens is 324 g/mol. The van der Waals surface area contributed by atoms with Crippen LogP contribution in [0.1, 0.15) is 24.0 Å². The van der Waals surface area contributed by atoms with E-state index in [1.807, 2.05) is 0 Å². The average Bonchev–Trinajstić information content (AvgIpc) is 3.06. The Morgan fingerprint density at radius 3 is 2.15 bits per heavy atom. The molecule has 0 bridgehead atoms. The molecule has 110 valence electrons. The Labute approximate surface area is 116 Å². The molecule has 3 nitrogen and oxygen atoms in total. The third-order valence-electron chi connectivity index (χ3n) is 3.17. The van der Waals surface area contributed by atoms with E-state index in [4.69, 9.17) is 10.7 Å². The molecule has 9 heteroatoms. The van der Waals surface area contributed by atoms with Gasteiger partial charge in [-0.05, 0) is 25.0 Å². The zero-order chi connectivity index (χ0) is 15.3. The van der Waals surface area contributed by atoms with Gasteiger partial charge in [0.2, 0.25) is 0 Å². The average molecular weight is 331 g/mol. The Kier molecular flexibility index (Phi) is 3.37. The minimum absolute atomic E-state index is 0.0278. The Hall–Kier alpha value is -1.15. The predicted molar refractivity (Wildman–Crippen MR) is 62.1 cm³/mol. The largest absolute Gasteiger partial charge is 0.416 e. The van der Waals surface area contributed by atoms with Crippen LogP contribution in [-0.2, 0) is 25.4 Å². The smallest absolute Gasteiger partial charge is 0.279 e. The maximum Gasteiger partial charge on any atom is 0.416 e. The van der Waals surface area contributed by atoms with Crippen LogP contribution in [-0.4, -0.2) is 13.5 Å². The van der Waals surface area contributed by atoms with E-state index >= 15 is 0 Å². The SMILES string of the molecule is O=C(C1(c2ccc(C(F)(F)F)cc2F)CC1)S(=O)(=O)Cl. The first kappa shape index (κ1) is 15.2. The Bertz CT molecular complexity index is 677. The van der Waals surface area contributed by atoms with Crippen LogP contribution < -0.4 is 0 Å². The van der Waals surface area contributed by atoms with Crippen molar-refractivity contribution in [3.8, 4) is 0 Å². The summed E-state index contributed by atoms with van der Waals surface area (Å²) in [5, 5.41) is -1.38. The van der Waals surface area contributed by atoms with E-state index in [1.165, 1.54) is 0 Å². The van der Waals surface area contributed by atoms with Gasteiger partial charge in [-0.25, -0.2) is 12.8 Å². The molecule has 0 N–H and O–H groups in total. The van der Waals surface area contributed by atoms with E-state index in [0.717, 1.165) is 6.07 Å². The highest BCUT2D eigenvalue weighted by Crippen LogP contribution is 2.51. The van der Waals surface area contributed by atoms with E-state index in [0.29, 0.717) is 6.07 Å². The number of carbonyl (C=O) groups excluding carboxylic acids is 1. The molecule has 1 aromatic rings. The highest BCUT2D eigenvalue weighted by molar-refractivity contribution is 8.25. The summed E-state index contributed by atoms with van der Waals surface area (Å²) in [4.78, 5) is 11.7. The third-order valence-corrected chi connectivity index (χ3v) is 4.43. The number of alkyl halides is 3. The molecule has 1 saturated carbocycles. The lowest BCUT2D eigenvalue weighted by Crippen LogP contribution is -2.26. The molecule has 20 heavy (non-hydrogen) atoms. The monoisotopic (exact) mass is 330 g/mol. The number of hydrogen-bond acceptors (Lipinski definition) is 3. The van der Waals surface area contributed by atoms with Crippen molar-refractivity contribution < 1.29 is 30.8 Å². The lowest BCUT2D eigenvalue weighted by Gasteiger charge is -2.15. The number of hydrogen-bond donors (Lipinski definition) is 0. The molecule has 0 radical (unpaired) electrons. The van der Waals surface area contributed by atoms with E-state index in [-0.39, 0.29) is 24.5 Å². The van der Waals surface area contributed by atoms with Crippen molar-refractivity contribution in [1.82, 2.24) is 0 Å². The maximum atomic E-state index is 13.8. The fraction of sp³-hybridized carbons (Fsp3) is 0.364. The van der Waals surface area contributed by atoms with Crippen LogP contribution in [0.5, 0.6) is 0 Å². The summed E-state index contributed by atoms with van der Waals surface area (Å²) < 4.78 is 73.1. The Balaban J connectivity index is 2.48. The molecule has 0 saturated heterocycles. The van der Waals surface area contributed by atoms with Crippen molar-refractivity contribution in [1.29, 1.82) is 0 Å². The summed E-state index contributed by atoms with van der Waals surface area (Å²) in [7, 11) is 0.377. The zero-order valence-corrected chi connectivity index (χ0v) is 11.2. The first-order valence-electron chi connectivity index (χ1n) is 5.35. The summed E-state index contributed by atoms with van der Waals surface area (Å²) >= 11 is 0. The molecule has 0 unspecified atom stereocenters. The van der Waals surface area contributed by atoms with Gasteiger partial charge < -0.3 is 0 Å². The maximum absolute atomic E-state index is 13.8. The standard InChI is InChI=1S/C11H7ClF4O3S/c12-20(18,19)9(17)10(3-4-10)7-2-1-6(5-8(7)13)11(14,15)16/h1-2,5H,3-4H2. The molecule has 1 fully saturated rings. The topological polar surface area (TPSA) is 51.2 Å². The van der Waals surface area contributed by atoms with Crippen molar-refractivity contribution in [2.24, 2.45) is 0 Å². The van der Waals surface area contributed by atoms with Crippen LogP contribution in [0.4, 0.5) is 17.6 Å². The van der Waals surface area contributed by atoms with E-state index in [1.54, 1.807) is 0 Å². The quantitative estimate of drug-likeness (QED) is 0.619. The van der Waals surface area contributed by atoms with Gasteiger partial charge >= 0.3 is 6.18 Å². The molecule has 0 spiro atoms. The van der Waals surface area contributed by atoms with E-state index < -0.39 is 37.1 Å². The second-order valence-electron chi connectivity index (χ2n) is 4.50. The van der Waals surface area contributed by atoms with Gasteiger partial charge in [0.25, 0.3) is 14.2 Å². The van der Waals surface area contributed by atoms with Crippen LogP contribution in [0.15, 0.2) is 18.2 Å². The van der Waals surface area contributed by atoms with Gasteiger partial charge in [-0.15, -0.1) is 0 Å². The van der Waals surface area contributed by atoms with Crippen LogP contribution in [0, 0.1) is 5.82 Å². The molecule has 1 aliphatic rings. The summed E-state index contributed by atoms with van der Waals surface area (Å²) in [6.07, 6.45) is -4.67. The summed E-state index contributed by atoms with van der Waals surface area (Å²) in [5.74, 6) is -1.27. The number of halogens is 5. The lowest BCUT2D eigenvalue weighted by atomic mass is 9.95. The number of carbonyl (C=O) groups is 1. The third kappa shape index (κ3) is 2.54. The molecule has 1 aromatic carbocycles. The van der Waals surface area contributed by atoms with E-state index in [9.17, 15) is 30.8 Å². The van der Waals surface area contributed by atoms with E-state index in [2.05, 4.69) is 0 Å². The normalized spacial score (nSPS) is 17.9. The first-order valence-corrected chi connectivity index (χ1v) is 7.66. The molecule has 0 heterocycles. The molecule has 0 amide bonds. The van der Waals surface area contributed by atoms with Gasteiger partial charge in [-0.3, -0.25) is 4.79 Å². The molecule has 1 aliphatic carbocycles. The zero-order valence-electron chi connectivity index (χ0n) is 9.67. The fourth-order valence-electron chi connectivity index (χ4n) is 2.02. The van der Waals surface area contributed by atoms with Gasteiger partial charge in [0.15, 0.2) is 0 Å². The van der Waals surface area contributed by atoms with Crippen LogP contribution in [0.2, 0.25) is 0 Å². The minimum Gasteiger partial charge on any atom is -0.279 e. The van der Waals surface area contributed by atoms with Crippen molar-refractivity contribution in [2.45, 2.75) is 24.4 Å². The number of benzene rings is 1. The summed E-state index contributed by atoms with van der Waals surface area (Å²) in [6.45, 7) is 0. The summed E-state index contributed by atoms with van der Waals surface area (Å²) in [5.41, 5.74) is -3.25. The predicted octanol–water partition coefficient (Wildman–Crippen LogP) is 2.97. The fourth-order valence-corrected chi connectivity index (χ4v) is 3.25. The van der Waals surface area contributed by atoms with Crippen molar-refractivity contribution in [2.75, 3.05) is 0 Å². The van der Waals surface area contributed by atoms with Crippen LogP contribution in [0.3, 0.4) is 0 Å². The molecule has 0 aliphatic heterocycles. The van der Waals surface area contributed by atoms with Crippen LogP contribution >= 0.6 is 10.7 Å². The highest BCUT2D eigenvalue weighted by Gasteiger charge is 2.57. The van der Waals surface area contributed by atoms with Gasteiger partial charge in [0.05, 0.1) is 11.0 Å². The van der Waals surface area contributed by atoms with Gasteiger partial charge in [0, 0.05) is 16.2 Å². The van der Waals surface area contributed by atoms with Crippen molar-refractivity contribution in [3.63, 3.8) is 0 Å². The summed E-state index contributed by atoms with van der Waals surface area (Å²) in [6, 6.07) is 1.63. The van der Waals surface area contributed by atoms with Crippen molar-refractivity contribution >= 4 is 24.8 Å². The molecule has 0 aromatic heterocycles. The molecular formula is C11H7ClF4O3S. The lowest BCUT2D eigenvalue weighted by molar-refractivity contribution is -0.137. The van der Waals surface area contributed by atoms with Gasteiger partial charge in [-0.1, -0.05) is 6.07 Å². The van der Waals surface area contributed by atoms with Crippen LogP contribution in [0.25, 0.3) is 0 Å². The molecule has 0 atom stereocenters.